The molecule has 0 saturated heterocycles. The SMILES string of the molecule is OC[C@H](O)CSCc1cc(F)cc(Br)c1. The van der Waals surface area contributed by atoms with Crippen molar-refractivity contribution < 1.29 is 14.6 Å². The van der Waals surface area contributed by atoms with Crippen molar-refractivity contribution in [1.82, 2.24) is 0 Å². The molecule has 0 aromatic heterocycles. The molecule has 0 aliphatic heterocycles. The Bertz CT molecular complexity index is 302. The van der Waals surface area contributed by atoms with Crippen LogP contribution in [0.15, 0.2) is 22.7 Å². The Morgan fingerprint density at radius 2 is 2.13 bits per heavy atom. The molecule has 2 nitrogen and oxygen atoms in total. The standard InChI is InChI=1S/C10H12BrFO2S/c11-8-1-7(2-9(12)3-8)5-15-6-10(14)4-13/h1-3,10,13-14H,4-6H2/t10-/m0/s1. The van der Waals surface area contributed by atoms with Crippen LogP contribution in [0.3, 0.4) is 0 Å². The lowest BCUT2D eigenvalue weighted by atomic mass is 10.2. The van der Waals surface area contributed by atoms with Gasteiger partial charge in [-0.05, 0) is 23.8 Å². The van der Waals surface area contributed by atoms with Gasteiger partial charge in [0.15, 0.2) is 0 Å². The number of aliphatic hydroxyl groups is 2. The minimum absolute atomic E-state index is 0.236. The van der Waals surface area contributed by atoms with Crippen LogP contribution in [0.1, 0.15) is 5.56 Å². The lowest BCUT2D eigenvalue weighted by Crippen LogP contribution is -2.14. The number of halogens is 2. The molecule has 1 rings (SSSR count). The van der Waals surface area contributed by atoms with E-state index in [1.54, 1.807) is 0 Å². The molecule has 84 valence electrons. The van der Waals surface area contributed by atoms with E-state index in [9.17, 15) is 4.39 Å². The predicted molar refractivity (Wildman–Crippen MR) is 63.4 cm³/mol. The van der Waals surface area contributed by atoms with Crippen molar-refractivity contribution in [3.05, 3.63) is 34.1 Å². The fourth-order valence-corrected chi connectivity index (χ4v) is 2.47. The molecular weight excluding hydrogens is 283 g/mol. The summed E-state index contributed by atoms with van der Waals surface area (Å²) in [6.45, 7) is -0.236. The average molecular weight is 295 g/mol. The largest absolute Gasteiger partial charge is 0.394 e. The molecule has 0 unspecified atom stereocenters. The van der Waals surface area contributed by atoms with Crippen LogP contribution in [0, 0.1) is 5.82 Å². The van der Waals surface area contributed by atoms with Crippen LogP contribution in [-0.2, 0) is 5.75 Å². The summed E-state index contributed by atoms with van der Waals surface area (Å²) in [7, 11) is 0. The molecule has 0 saturated carbocycles. The van der Waals surface area contributed by atoms with Gasteiger partial charge in [-0.1, -0.05) is 15.9 Å². The second-order valence-electron chi connectivity index (χ2n) is 3.13. The van der Waals surface area contributed by atoms with Crippen molar-refractivity contribution in [2.24, 2.45) is 0 Å². The van der Waals surface area contributed by atoms with Crippen LogP contribution in [0.5, 0.6) is 0 Å². The molecule has 0 amide bonds. The number of rotatable bonds is 5. The second-order valence-corrected chi connectivity index (χ2v) is 5.08. The topological polar surface area (TPSA) is 40.5 Å². The zero-order valence-electron chi connectivity index (χ0n) is 7.99. The third-order valence-corrected chi connectivity index (χ3v) is 3.33. The molecule has 5 heteroatoms. The number of hydrogen-bond donors (Lipinski definition) is 2. The number of hydrogen-bond acceptors (Lipinski definition) is 3. The monoisotopic (exact) mass is 294 g/mol. The van der Waals surface area contributed by atoms with E-state index in [2.05, 4.69) is 15.9 Å². The minimum atomic E-state index is -0.702. The normalized spacial score (nSPS) is 12.8. The Kier molecular flexibility index (Phi) is 5.60. The van der Waals surface area contributed by atoms with E-state index in [-0.39, 0.29) is 12.4 Å². The van der Waals surface area contributed by atoms with Crippen LogP contribution in [0.25, 0.3) is 0 Å². The quantitative estimate of drug-likeness (QED) is 0.874. The average Bonchev–Trinajstić information content (AvgIpc) is 2.16. The number of aliphatic hydroxyl groups excluding tert-OH is 2. The van der Waals surface area contributed by atoms with Crippen molar-refractivity contribution in [3.8, 4) is 0 Å². The summed E-state index contributed by atoms with van der Waals surface area (Å²) in [5.41, 5.74) is 0.858. The van der Waals surface area contributed by atoms with Crippen LogP contribution in [0.4, 0.5) is 4.39 Å². The predicted octanol–water partition coefficient (Wildman–Crippen LogP) is 2.17. The van der Waals surface area contributed by atoms with Gasteiger partial charge < -0.3 is 10.2 Å². The van der Waals surface area contributed by atoms with Crippen molar-refractivity contribution >= 4 is 27.7 Å². The molecule has 0 aliphatic carbocycles. The number of thioether (sulfide) groups is 1. The maximum absolute atomic E-state index is 13.0. The molecule has 1 atom stereocenters. The Hall–Kier alpha value is -0.100. The van der Waals surface area contributed by atoms with E-state index in [4.69, 9.17) is 10.2 Å². The summed E-state index contributed by atoms with van der Waals surface area (Å²) in [6.07, 6.45) is -0.702. The minimum Gasteiger partial charge on any atom is -0.394 e. The van der Waals surface area contributed by atoms with Gasteiger partial charge in [-0.3, -0.25) is 0 Å². The fourth-order valence-electron chi connectivity index (χ4n) is 1.06. The molecule has 0 fully saturated rings. The van der Waals surface area contributed by atoms with Gasteiger partial charge in [0.2, 0.25) is 0 Å². The van der Waals surface area contributed by atoms with E-state index in [1.165, 1.54) is 23.9 Å². The first-order chi connectivity index (χ1) is 7.11. The Morgan fingerprint density at radius 1 is 1.40 bits per heavy atom. The summed E-state index contributed by atoms with van der Waals surface area (Å²) in [4.78, 5) is 0. The first-order valence-corrected chi connectivity index (χ1v) is 6.38. The molecule has 0 heterocycles. The van der Waals surface area contributed by atoms with Crippen LogP contribution >= 0.6 is 27.7 Å². The van der Waals surface area contributed by atoms with Gasteiger partial charge in [0, 0.05) is 16.0 Å². The second kappa shape index (κ2) is 6.48. The molecule has 0 bridgehead atoms. The molecular formula is C10H12BrFO2S. The molecule has 0 aliphatic rings. The molecule has 1 aromatic rings. The van der Waals surface area contributed by atoms with Gasteiger partial charge in [0.25, 0.3) is 0 Å². The van der Waals surface area contributed by atoms with E-state index >= 15 is 0 Å². The highest BCUT2D eigenvalue weighted by atomic mass is 79.9. The highest BCUT2D eigenvalue weighted by molar-refractivity contribution is 9.10. The summed E-state index contributed by atoms with van der Waals surface area (Å²) >= 11 is 4.67. The van der Waals surface area contributed by atoms with Crippen LogP contribution in [-0.4, -0.2) is 28.7 Å². The van der Waals surface area contributed by atoms with Gasteiger partial charge >= 0.3 is 0 Å². The van der Waals surface area contributed by atoms with E-state index < -0.39 is 6.10 Å². The summed E-state index contributed by atoms with van der Waals surface area (Å²) in [5.74, 6) is 0.792. The van der Waals surface area contributed by atoms with E-state index in [0.29, 0.717) is 16.0 Å². The van der Waals surface area contributed by atoms with Gasteiger partial charge in [0.05, 0.1) is 12.7 Å². The highest BCUT2D eigenvalue weighted by Crippen LogP contribution is 2.19. The Labute approximate surface area is 101 Å². The summed E-state index contributed by atoms with van der Waals surface area (Å²) < 4.78 is 13.7. The van der Waals surface area contributed by atoms with Gasteiger partial charge in [-0.15, -0.1) is 0 Å². The lowest BCUT2D eigenvalue weighted by molar-refractivity contribution is 0.113. The molecule has 2 N–H and O–H groups in total. The van der Waals surface area contributed by atoms with Crippen molar-refractivity contribution in [3.63, 3.8) is 0 Å². The highest BCUT2D eigenvalue weighted by Gasteiger charge is 2.03. The van der Waals surface area contributed by atoms with Crippen molar-refractivity contribution in [1.29, 1.82) is 0 Å². The smallest absolute Gasteiger partial charge is 0.124 e. The van der Waals surface area contributed by atoms with Crippen molar-refractivity contribution in [2.75, 3.05) is 12.4 Å². The van der Waals surface area contributed by atoms with Gasteiger partial charge in [-0.25, -0.2) is 4.39 Å². The third kappa shape index (κ3) is 4.97. The first-order valence-electron chi connectivity index (χ1n) is 4.43. The van der Waals surface area contributed by atoms with Crippen molar-refractivity contribution in [2.45, 2.75) is 11.9 Å². The fraction of sp³-hybridized carbons (Fsp3) is 0.400. The van der Waals surface area contributed by atoms with Gasteiger partial charge in [-0.2, -0.15) is 11.8 Å². The summed E-state index contributed by atoms with van der Waals surface area (Å²) in [6, 6.07) is 4.70. The van der Waals surface area contributed by atoms with Gasteiger partial charge in [0.1, 0.15) is 5.82 Å². The van der Waals surface area contributed by atoms with Crippen LogP contribution in [0.2, 0.25) is 0 Å². The molecule has 0 radical (unpaired) electrons. The Balaban J connectivity index is 2.43. The zero-order valence-corrected chi connectivity index (χ0v) is 10.4. The van der Waals surface area contributed by atoms with Crippen LogP contribution < -0.4 is 0 Å². The Morgan fingerprint density at radius 3 is 2.73 bits per heavy atom. The maximum atomic E-state index is 13.0. The maximum Gasteiger partial charge on any atom is 0.124 e. The molecule has 15 heavy (non-hydrogen) atoms. The van der Waals surface area contributed by atoms with E-state index in [0.717, 1.165) is 5.56 Å². The van der Waals surface area contributed by atoms with E-state index in [1.807, 2.05) is 6.07 Å². The lowest BCUT2D eigenvalue weighted by Gasteiger charge is -2.06. The molecule has 1 aromatic carbocycles. The zero-order chi connectivity index (χ0) is 11.3. The first kappa shape index (κ1) is 13.0. The number of benzene rings is 1. The summed E-state index contributed by atoms with van der Waals surface area (Å²) in [5, 5.41) is 17.7. The molecule has 0 spiro atoms. The third-order valence-electron chi connectivity index (χ3n) is 1.71.